The molecule has 3 aromatic carbocycles. The Labute approximate surface area is 172 Å². The fourth-order valence-electron chi connectivity index (χ4n) is 3.84. The van der Waals surface area contributed by atoms with Crippen LogP contribution in [-0.4, -0.2) is 16.3 Å². The fourth-order valence-corrected chi connectivity index (χ4v) is 4.20. The van der Waals surface area contributed by atoms with Crippen LogP contribution in [0.5, 0.6) is 0 Å². The molecule has 0 aliphatic carbocycles. The van der Waals surface area contributed by atoms with E-state index in [1.165, 1.54) is 38.3 Å². The highest BCUT2D eigenvalue weighted by Gasteiger charge is 2.21. The third kappa shape index (κ3) is 3.12. The molecule has 4 heteroatoms. The van der Waals surface area contributed by atoms with Crippen LogP contribution < -0.4 is 5.32 Å². The van der Waals surface area contributed by atoms with E-state index in [1.54, 1.807) is 0 Å². The van der Waals surface area contributed by atoms with Crippen molar-refractivity contribution in [2.75, 3.05) is 11.9 Å². The average molecular weight is 465 g/mol. The van der Waals surface area contributed by atoms with Crippen molar-refractivity contribution in [1.82, 2.24) is 9.78 Å². The third-order valence-electron chi connectivity index (χ3n) is 5.22. The number of halogens is 1. The molecule has 0 saturated heterocycles. The number of benzene rings is 3. The van der Waals surface area contributed by atoms with Crippen molar-refractivity contribution in [2.24, 2.45) is 0 Å². The van der Waals surface area contributed by atoms with Gasteiger partial charge in [-0.2, -0.15) is 5.10 Å². The summed E-state index contributed by atoms with van der Waals surface area (Å²) in [6.45, 7) is 1.00. The summed E-state index contributed by atoms with van der Waals surface area (Å²) in [6, 6.07) is 23.7. The first-order chi connectivity index (χ1) is 13.3. The Balaban J connectivity index is 1.70. The summed E-state index contributed by atoms with van der Waals surface area (Å²) in [5.74, 6) is 1.15. The molecule has 0 saturated carbocycles. The Kier molecular flexibility index (Phi) is 4.36. The van der Waals surface area contributed by atoms with Crippen molar-refractivity contribution in [3.63, 3.8) is 0 Å². The molecule has 0 atom stereocenters. The van der Waals surface area contributed by atoms with E-state index in [1.807, 2.05) is 0 Å². The lowest BCUT2D eigenvalue weighted by atomic mass is 10.0. The van der Waals surface area contributed by atoms with E-state index in [0.29, 0.717) is 0 Å². The minimum atomic E-state index is 1.00. The van der Waals surface area contributed by atoms with Gasteiger partial charge in [-0.3, -0.25) is 0 Å². The first-order valence-electron chi connectivity index (χ1n) is 9.40. The van der Waals surface area contributed by atoms with E-state index in [4.69, 9.17) is 5.10 Å². The second-order valence-electron chi connectivity index (χ2n) is 7.01. The maximum atomic E-state index is 5.06. The summed E-state index contributed by atoms with van der Waals surface area (Å²) in [4.78, 5) is 0. The molecule has 0 fully saturated rings. The molecule has 27 heavy (non-hydrogen) atoms. The summed E-state index contributed by atoms with van der Waals surface area (Å²) >= 11 is 2.34. The molecule has 1 aromatic heterocycles. The normalized spacial score (nSPS) is 13.8. The van der Waals surface area contributed by atoms with Gasteiger partial charge in [0.25, 0.3) is 0 Å². The lowest BCUT2D eigenvalue weighted by Gasteiger charge is -2.09. The van der Waals surface area contributed by atoms with Gasteiger partial charge < -0.3 is 5.32 Å². The quantitative estimate of drug-likeness (QED) is 0.366. The predicted molar refractivity (Wildman–Crippen MR) is 121 cm³/mol. The molecule has 0 bridgehead atoms. The van der Waals surface area contributed by atoms with Crippen LogP contribution in [0, 0.1) is 3.57 Å². The molecular formula is C23H20IN3. The van der Waals surface area contributed by atoms with Gasteiger partial charge in [-0.25, -0.2) is 4.68 Å². The van der Waals surface area contributed by atoms with E-state index >= 15 is 0 Å². The van der Waals surface area contributed by atoms with Crippen molar-refractivity contribution in [2.45, 2.75) is 19.3 Å². The number of aromatic nitrogens is 2. The van der Waals surface area contributed by atoms with E-state index in [-0.39, 0.29) is 0 Å². The Morgan fingerprint density at radius 3 is 2.56 bits per heavy atom. The number of rotatable bonds is 2. The van der Waals surface area contributed by atoms with Gasteiger partial charge in [0.15, 0.2) is 0 Å². The van der Waals surface area contributed by atoms with Crippen LogP contribution in [0.25, 0.3) is 27.7 Å². The molecule has 5 rings (SSSR count). The van der Waals surface area contributed by atoms with Crippen molar-refractivity contribution in [3.8, 4) is 16.9 Å². The second kappa shape index (κ2) is 7.00. The zero-order valence-corrected chi connectivity index (χ0v) is 17.1. The molecule has 4 aromatic rings. The smallest absolute Gasteiger partial charge is 0.133 e. The Morgan fingerprint density at radius 1 is 0.889 bits per heavy atom. The van der Waals surface area contributed by atoms with E-state index < -0.39 is 0 Å². The summed E-state index contributed by atoms with van der Waals surface area (Å²) in [6.07, 6.45) is 3.45. The van der Waals surface area contributed by atoms with Gasteiger partial charge in [0.05, 0.1) is 11.4 Å². The SMILES string of the molecule is Ic1ccc(-n2nc(-c3ccc4ccccc4c3)c3c2NCCCC3)cc1. The number of nitrogens with one attached hydrogen (secondary N) is 1. The minimum Gasteiger partial charge on any atom is -0.370 e. The summed E-state index contributed by atoms with van der Waals surface area (Å²) < 4.78 is 3.32. The van der Waals surface area contributed by atoms with Crippen LogP contribution in [0.3, 0.4) is 0 Å². The van der Waals surface area contributed by atoms with Gasteiger partial charge in [-0.1, -0.05) is 36.4 Å². The van der Waals surface area contributed by atoms with Gasteiger partial charge in [0, 0.05) is 21.2 Å². The maximum Gasteiger partial charge on any atom is 0.133 e. The maximum absolute atomic E-state index is 5.06. The lowest BCUT2D eigenvalue weighted by molar-refractivity contribution is 0.780. The van der Waals surface area contributed by atoms with Gasteiger partial charge in [0.2, 0.25) is 0 Å². The first-order valence-corrected chi connectivity index (χ1v) is 10.5. The van der Waals surface area contributed by atoms with Crippen LogP contribution in [0.4, 0.5) is 5.82 Å². The highest BCUT2D eigenvalue weighted by atomic mass is 127. The predicted octanol–water partition coefficient (Wildman–Crippen LogP) is 6.05. The Hall–Kier alpha value is -2.34. The monoisotopic (exact) mass is 465 g/mol. The fraction of sp³-hybridized carbons (Fsp3) is 0.174. The molecule has 0 amide bonds. The molecule has 2 heterocycles. The number of nitrogens with zero attached hydrogens (tertiary/aromatic N) is 2. The molecule has 0 unspecified atom stereocenters. The van der Waals surface area contributed by atoms with Gasteiger partial charge in [-0.15, -0.1) is 0 Å². The molecule has 0 radical (unpaired) electrons. The van der Waals surface area contributed by atoms with E-state index in [9.17, 15) is 0 Å². The van der Waals surface area contributed by atoms with Crippen LogP contribution >= 0.6 is 22.6 Å². The lowest BCUT2D eigenvalue weighted by Crippen LogP contribution is -2.07. The van der Waals surface area contributed by atoms with E-state index in [2.05, 4.69) is 99.3 Å². The topological polar surface area (TPSA) is 29.9 Å². The standard InChI is InChI=1S/C23H20IN3/c24-19-10-12-20(13-11-19)27-23-21(7-3-4-14-25-23)22(26-27)18-9-8-16-5-1-2-6-17(16)15-18/h1-2,5-6,8-13,15,25H,3-4,7,14H2. The average Bonchev–Trinajstić information content (AvgIpc) is 2.89. The number of anilines is 1. The van der Waals surface area contributed by atoms with Crippen LogP contribution in [0.2, 0.25) is 0 Å². The van der Waals surface area contributed by atoms with Crippen molar-refractivity contribution in [1.29, 1.82) is 0 Å². The highest BCUT2D eigenvalue weighted by molar-refractivity contribution is 14.1. The zero-order chi connectivity index (χ0) is 18.2. The first kappa shape index (κ1) is 16.8. The molecule has 1 aliphatic rings. The molecule has 1 N–H and O–H groups in total. The number of fused-ring (bicyclic) bond motifs is 2. The zero-order valence-electron chi connectivity index (χ0n) is 15.0. The summed E-state index contributed by atoms with van der Waals surface area (Å²) in [5, 5.41) is 11.2. The minimum absolute atomic E-state index is 1.00. The summed E-state index contributed by atoms with van der Waals surface area (Å²) in [7, 11) is 0. The molecule has 134 valence electrons. The third-order valence-corrected chi connectivity index (χ3v) is 5.94. The number of hydrogen-bond donors (Lipinski definition) is 1. The van der Waals surface area contributed by atoms with E-state index in [0.717, 1.165) is 30.2 Å². The van der Waals surface area contributed by atoms with Crippen LogP contribution in [0.15, 0.2) is 66.7 Å². The molecular weight excluding hydrogens is 445 g/mol. The van der Waals surface area contributed by atoms with Gasteiger partial charge >= 0.3 is 0 Å². The van der Waals surface area contributed by atoms with Crippen molar-refractivity contribution < 1.29 is 0 Å². The largest absolute Gasteiger partial charge is 0.370 e. The van der Waals surface area contributed by atoms with Crippen LogP contribution in [-0.2, 0) is 6.42 Å². The van der Waals surface area contributed by atoms with Crippen molar-refractivity contribution in [3.05, 3.63) is 75.9 Å². The Morgan fingerprint density at radius 2 is 1.70 bits per heavy atom. The molecule has 1 aliphatic heterocycles. The molecule has 0 spiro atoms. The summed E-state index contributed by atoms with van der Waals surface area (Å²) in [5.41, 5.74) is 4.73. The van der Waals surface area contributed by atoms with Crippen molar-refractivity contribution >= 4 is 39.2 Å². The second-order valence-corrected chi connectivity index (χ2v) is 8.26. The molecule has 3 nitrogen and oxygen atoms in total. The number of hydrogen-bond acceptors (Lipinski definition) is 2. The van der Waals surface area contributed by atoms with Gasteiger partial charge in [0.1, 0.15) is 5.82 Å². The Bertz CT molecular complexity index is 1110. The highest BCUT2D eigenvalue weighted by Crippen LogP contribution is 2.35. The van der Waals surface area contributed by atoms with Gasteiger partial charge in [-0.05, 0) is 83.0 Å². The van der Waals surface area contributed by atoms with Crippen LogP contribution in [0.1, 0.15) is 18.4 Å².